The molecule has 144 valence electrons. The standard InChI is InChI=1S/C21H24O6/c1-19(2,3)26-17(24)13-14(18(25)27-20(4,5)6)21(13)15(22)11-9-7-8-10-12(11)16(21)23/h7-10,13-14H,1-6H3/t13-,14-/m1/s1. The fourth-order valence-corrected chi connectivity index (χ4v) is 3.76. The van der Waals surface area contributed by atoms with Crippen molar-refractivity contribution in [2.45, 2.75) is 52.7 Å². The molecule has 1 fully saturated rings. The molecular formula is C21H24O6. The van der Waals surface area contributed by atoms with E-state index in [0.29, 0.717) is 0 Å². The van der Waals surface area contributed by atoms with Crippen molar-refractivity contribution in [1.29, 1.82) is 0 Å². The normalized spacial score (nSPS) is 23.2. The van der Waals surface area contributed by atoms with Crippen LogP contribution in [0.3, 0.4) is 0 Å². The van der Waals surface area contributed by atoms with E-state index in [1.54, 1.807) is 65.8 Å². The second kappa shape index (κ2) is 5.75. The summed E-state index contributed by atoms with van der Waals surface area (Å²) in [4.78, 5) is 51.8. The van der Waals surface area contributed by atoms with Crippen LogP contribution in [-0.2, 0) is 19.1 Å². The van der Waals surface area contributed by atoms with Gasteiger partial charge in [0.05, 0.1) is 11.8 Å². The molecule has 0 amide bonds. The van der Waals surface area contributed by atoms with Crippen LogP contribution in [0.1, 0.15) is 62.3 Å². The topological polar surface area (TPSA) is 86.7 Å². The zero-order valence-electron chi connectivity index (χ0n) is 16.4. The van der Waals surface area contributed by atoms with Crippen LogP contribution >= 0.6 is 0 Å². The molecule has 6 nitrogen and oxygen atoms in total. The summed E-state index contributed by atoms with van der Waals surface area (Å²) in [6, 6.07) is 6.38. The summed E-state index contributed by atoms with van der Waals surface area (Å²) in [5.41, 5.74) is -2.88. The lowest BCUT2D eigenvalue weighted by Crippen LogP contribution is -2.30. The Bertz CT molecular complexity index is 781. The molecule has 2 aliphatic rings. The number of ether oxygens (including phenoxy) is 2. The van der Waals surface area contributed by atoms with Gasteiger partial charge in [0.15, 0.2) is 11.6 Å². The molecular weight excluding hydrogens is 348 g/mol. The molecule has 2 atom stereocenters. The first-order chi connectivity index (χ1) is 12.3. The molecule has 27 heavy (non-hydrogen) atoms. The highest BCUT2D eigenvalue weighted by Crippen LogP contribution is 2.66. The zero-order valence-corrected chi connectivity index (χ0v) is 16.4. The van der Waals surface area contributed by atoms with Gasteiger partial charge >= 0.3 is 11.9 Å². The van der Waals surface area contributed by atoms with Gasteiger partial charge in [-0.2, -0.15) is 0 Å². The van der Waals surface area contributed by atoms with Crippen molar-refractivity contribution in [3.63, 3.8) is 0 Å². The highest BCUT2D eigenvalue weighted by atomic mass is 16.6. The van der Waals surface area contributed by atoms with Gasteiger partial charge in [0.1, 0.15) is 16.6 Å². The van der Waals surface area contributed by atoms with Crippen molar-refractivity contribution in [2.75, 3.05) is 0 Å². The van der Waals surface area contributed by atoms with Gasteiger partial charge in [-0.05, 0) is 41.5 Å². The number of Topliss-reactive ketones (excluding diaryl/α,β-unsaturated/α-hetero) is 2. The van der Waals surface area contributed by atoms with Gasteiger partial charge in [0.2, 0.25) is 0 Å². The molecule has 0 aliphatic heterocycles. The average molecular weight is 372 g/mol. The quantitative estimate of drug-likeness (QED) is 0.586. The van der Waals surface area contributed by atoms with Gasteiger partial charge in [-0.25, -0.2) is 0 Å². The van der Waals surface area contributed by atoms with Crippen LogP contribution in [0.2, 0.25) is 0 Å². The zero-order chi connectivity index (χ0) is 20.4. The number of ketones is 2. The fourth-order valence-electron chi connectivity index (χ4n) is 3.76. The van der Waals surface area contributed by atoms with Gasteiger partial charge in [-0.3, -0.25) is 19.2 Å². The Morgan fingerprint density at radius 2 is 1.11 bits per heavy atom. The van der Waals surface area contributed by atoms with E-state index in [0.717, 1.165) is 0 Å². The maximum absolute atomic E-state index is 13.1. The summed E-state index contributed by atoms with van der Waals surface area (Å²) >= 11 is 0. The van der Waals surface area contributed by atoms with Crippen molar-refractivity contribution in [3.8, 4) is 0 Å². The Morgan fingerprint density at radius 1 is 0.778 bits per heavy atom. The van der Waals surface area contributed by atoms with Crippen molar-refractivity contribution >= 4 is 23.5 Å². The van der Waals surface area contributed by atoms with E-state index in [1.165, 1.54) is 0 Å². The minimum atomic E-state index is -1.74. The number of hydrogen-bond donors (Lipinski definition) is 0. The summed E-state index contributed by atoms with van der Waals surface area (Å²) in [6.07, 6.45) is 0. The predicted octanol–water partition coefficient (Wildman–Crippen LogP) is 2.98. The van der Waals surface area contributed by atoms with Crippen molar-refractivity contribution in [2.24, 2.45) is 17.3 Å². The van der Waals surface area contributed by atoms with Crippen LogP contribution < -0.4 is 0 Å². The van der Waals surface area contributed by atoms with Gasteiger partial charge in [0, 0.05) is 11.1 Å². The summed E-state index contributed by atoms with van der Waals surface area (Å²) in [7, 11) is 0. The largest absolute Gasteiger partial charge is 0.460 e. The molecule has 1 saturated carbocycles. The number of benzene rings is 1. The second-order valence-electron chi connectivity index (χ2n) is 9.10. The average Bonchev–Trinajstić information content (AvgIpc) is 3.16. The molecule has 1 aromatic rings. The molecule has 0 N–H and O–H groups in total. The van der Waals surface area contributed by atoms with E-state index in [4.69, 9.17) is 9.47 Å². The Labute approximate surface area is 158 Å². The van der Waals surface area contributed by atoms with Gasteiger partial charge < -0.3 is 9.47 Å². The molecule has 6 heteroatoms. The summed E-state index contributed by atoms with van der Waals surface area (Å²) in [5.74, 6) is -4.80. The van der Waals surface area contributed by atoms with Crippen LogP contribution in [0.5, 0.6) is 0 Å². The molecule has 0 saturated heterocycles. The molecule has 0 bridgehead atoms. The first-order valence-electron chi connectivity index (χ1n) is 8.95. The van der Waals surface area contributed by atoms with Crippen molar-refractivity contribution in [3.05, 3.63) is 35.4 Å². The van der Waals surface area contributed by atoms with Crippen LogP contribution in [0.25, 0.3) is 0 Å². The van der Waals surface area contributed by atoms with E-state index in [9.17, 15) is 19.2 Å². The second-order valence-corrected chi connectivity index (χ2v) is 9.10. The molecule has 0 unspecified atom stereocenters. The monoisotopic (exact) mass is 372 g/mol. The Kier molecular flexibility index (Phi) is 4.10. The third-order valence-corrected chi connectivity index (χ3v) is 4.69. The number of hydrogen-bond acceptors (Lipinski definition) is 6. The van der Waals surface area contributed by atoms with E-state index >= 15 is 0 Å². The summed E-state index contributed by atoms with van der Waals surface area (Å²) < 4.78 is 10.8. The molecule has 0 heterocycles. The van der Waals surface area contributed by atoms with Crippen molar-refractivity contribution in [1.82, 2.24) is 0 Å². The maximum Gasteiger partial charge on any atom is 0.311 e. The Morgan fingerprint density at radius 3 is 1.41 bits per heavy atom. The summed E-state index contributed by atoms with van der Waals surface area (Å²) in [5, 5.41) is 0. The van der Waals surface area contributed by atoms with Gasteiger partial charge in [0.25, 0.3) is 0 Å². The van der Waals surface area contributed by atoms with Gasteiger partial charge in [-0.1, -0.05) is 24.3 Å². The molecule has 0 radical (unpaired) electrons. The minimum absolute atomic E-state index is 0.238. The highest BCUT2D eigenvalue weighted by Gasteiger charge is 2.83. The minimum Gasteiger partial charge on any atom is -0.460 e. The molecule has 3 rings (SSSR count). The number of carbonyl (C=O) groups excluding carboxylic acids is 4. The number of rotatable bonds is 2. The predicted molar refractivity (Wildman–Crippen MR) is 96.2 cm³/mol. The van der Waals surface area contributed by atoms with E-state index in [1.807, 2.05) is 0 Å². The molecule has 2 aliphatic carbocycles. The molecule has 0 aromatic heterocycles. The Balaban J connectivity index is 2.04. The van der Waals surface area contributed by atoms with Crippen molar-refractivity contribution < 1.29 is 28.7 Å². The third-order valence-electron chi connectivity index (χ3n) is 4.69. The van der Waals surface area contributed by atoms with Gasteiger partial charge in [-0.15, -0.1) is 0 Å². The lowest BCUT2D eigenvalue weighted by molar-refractivity contribution is -0.163. The first-order valence-corrected chi connectivity index (χ1v) is 8.95. The number of fused-ring (bicyclic) bond motifs is 1. The SMILES string of the molecule is CC(C)(C)OC(=O)[C@H]1[C@H](C(=O)OC(C)(C)C)C12C(=O)c1ccccc1C2=O. The molecule has 1 aromatic carbocycles. The first kappa shape index (κ1) is 19.3. The number of esters is 2. The van der Waals surface area contributed by atoms with Crippen LogP contribution in [0.4, 0.5) is 0 Å². The van der Waals surface area contributed by atoms with Crippen LogP contribution in [0.15, 0.2) is 24.3 Å². The molecule has 1 spiro atoms. The van der Waals surface area contributed by atoms with E-state index in [-0.39, 0.29) is 11.1 Å². The third kappa shape index (κ3) is 2.97. The maximum atomic E-state index is 13.1. The highest BCUT2D eigenvalue weighted by molar-refractivity contribution is 6.35. The fraction of sp³-hybridized carbons (Fsp3) is 0.524. The van der Waals surface area contributed by atoms with Crippen LogP contribution in [-0.4, -0.2) is 34.7 Å². The summed E-state index contributed by atoms with van der Waals surface area (Å²) in [6.45, 7) is 10.1. The Hall–Kier alpha value is -2.50. The lowest BCUT2D eigenvalue weighted by Gasteiger charge is -2.20. The van der Waals surface area contributed by atoms with Crippen LogP contribution in [0, 0.1) is 17.3 Å². The number of carbonyl (C=O) groups is 4. The lowest BCUT2D eigenvalue weighted by atomic mass is 9.95. The van der Waals surface area contributed by atoms with E-state index in [2.05, 4.69) is 0 Å². The smallest absolute Gasteiger partial charge is 0.311 e. The van der Waals surface area contributed by atoms with E-state index < -0.39 is 52.0 Å².